The third kappa shape index (κ3) is 1.86. The molecule has 0 bridgehead atoms. The summed E-state index contributed by atoms with van der Waals surface area (Å²) >= 11 is 0. The Morgan fingerprint density at radius 2 is 2.58 bits per heavy atom. The minimum absolute atomic E-state index is 0.358. The van der Waals surface area contributed by atoms with Crippen LogP contribution in [-0.2, 0) is 6.54 Å². The second kappa shape index (κ2) is 3.93. The molecule has 1 aromatic rings. The summed E-state index contributed by atoms with van der Waals surface area (Å²) in [5.41, 5.74) is 6.66. The zero-order chi connectivity index (χ0) is 8.97. The number of nitrogens with zero attached hydrogens (tertiary/aromatic N) is 2. The lowest BCUT2D eigenvalue weighted by Gasteiger charge is -2.02. The molecule has 1 atom stereocenters. The average molecular weight is 163 g/mol. The predicted octanol–water partition coefficient (Wildman–Crippen LogP) is 0.579. The molecule has 3 nitrogen and oxygen atoms in total. The molecule has 1 unspecified atom stereocenters. The Bertz CT molecular complexity index is 282. The Labute approximate surface area is 72.6 Å². The van der Waals surface area contributed by atoms with Crippen LogP contribution in [0, 0.1) is 12.3 Å². The zero-order valence-electron chi connectivity index (χ0n) is 7.20. The average Bonchev–Trinajstić information content (AvgIpc) is 2.52. The largest absolute Gasteiger partial charge is 0.330 e. The van der Waals surface area contributed by atoms with E-state index in [1.165, 1.54) is 0 Å². The van der Waals surface area contributed by atoms with Crippen LogP contribution < -0.4 is 5.73 Å². The first kappa shape index (κ1) is 8.82. The van der Waals surface area contributed by atoms with E-state index in [4.69, 9.17) is 12.2 Å². The predicted molar refractivity (Wildman–Crippen MR) is 48.5 cm³/mol. The van der Waals surface area contributed by atoms with Gasteiger partial charge in [0.05, 0.1) is 6.20 Å². The molecule has 3 heteroatoms. The molecule has 0 spiro atoms. The normalized spacial score (nSPS) is 12.4. The van der Waals surface area contributed by atoms with Gasteiger partial charge in [0.1, 0.15) is 6.54 Å². The van der Waals surface area contributed by atoms with Crippen molar-refractivity contribution in [2.24, 2.45) is 5.73 Å². The van der Waals surface area contributed by atoms with Gasteiger partial charge in [0.2, 0.25) is 0 Å². The van der Waals surface area contributed by atoms with Crippen LogP contribution in [0.3, 0.4) is 0 Å². The van der Waals surface area contributed by atoms with Crippen LogP contribution in [0.1, 0.15) is 18.4 Å². The van der Waals surface area contributed by atoms with Gasteiger partial charge in [-0.15, -0.1) is 6.42 Å². The smallest absolute Gasteiger partial charge is 0.101 e. The summed E-state index contributed by atoms with van der Waals surface area (Å²) in [5, 5.41) is 4.09. The van der Waals surface area contributed by atoms with Crippen LogP contribution in [0.5, 0.6) is 0 Å². The Balaban J connectivity index is 2.71. The molecule has 0 fully saturated rings. The van der Waals surface area contributed by atoms with Gasteiger partial charge in [-0.05, 0) is 18.0 Å². The van der Waals surface area contributed by atoms with Crippen molar-refractivity contribution in [3.63, 3.8) is 0 Å². The lowest BCUT2D eigenvalue weighted by atomic mass is 10.1. The maximum Gasteiger partial charge on any atom is 0.101 e. The van der Waals surface area contributed by atoms with Crippen molar-refractivity contribution in [3.05, 3.63) is 18.0 Å². The molecule has 0 aliphatic carbocycles. The number of nitrogens with two attached hydrogens (primary N) is 1. The van der Waals surface area contributed by atoms with E-state index in [1.807, 2.05) is 12.4 Å². The highest BCUT2D eigenvalue weighted by Crippen LogP contribution is 2.11. The number of rotatable bonds is 3. The highest BCUT2D eigenvalue weighted by molar-refractivity contribution is 5.11. The van der Waals surface area contributed by atoms with Gasteiger partial charge in [0.15, 0.2) is 0 Å². The van der Waals surface area contributed by atoms with Gasteiger partial charge in [-0.3, -0.25) is 4.68 Å². The summed E-state index contributed by atoms with van der Waals surface area (Å²) in [5.74, 6) is 2.88. The summed E-state index contributed by atoms with van der Waals surface area (Å²) in [6.45, 7) is 3.23. The fraction of sp³-hybridized carbons (Fsp3) is 0.444. The van der Waals surface area contributed by atoms with Crippen LogP contribution in [0.15, 0.2) is 12.4 Å². The number of aromatic nitrogens is 2. The topological polar surface area (TPSA) is 43.8 Å². The van der Waals surface area contributed by atoms with Crippen LogP contribution in [0.4, 0.5) is 0 Å². The molecular formula is C9H13N3. The van der Waals surface area contributed by atoms with E-state index in [1.54, 1.807) is 4.68 Å². The van der Waals surface area contributed by atoms with Crippen LogP contribution in [0.2, 0.25) is 0 Å². The highest BCUT2D eigenvalue weighted by atomic mass is 15.3. The van der Waals surface area contributed by atoms with Crippen molar-refractivity contribution in [2.45, 2.75) is 19.4 Å². The second-order valence-electron chi connectivity index (χ2n) is 2.81. The van der Waals surface area contributed by atoms with E-state index in [9.17, 15) is 0 Å². The second-order valence-corrected chi connectivity index (χ2v) is 2.81. The fourth-order valence-electron chi connectivity index (χ4n) is 0.950. The fourth-order valence-corrected chi connectivity index (χ4v) is 0.950. The molecule has 2 N–H and O–H groups in total. The molecule has 64 valence electrons. The maximum atomic E-state index is 5.51. The van der Waals surface area contributed by atoms with Crippen molar-refractivity contribution in [1.29, 1.82) is 0 Å². The summed E-state index contributed by atoms with van der Waals surface area (Å²) in [6, 6.07) is 0. The Morgan fingerprint density at radius 3 is 3.17 bits per heavy atom. The number of terminal acetylenes is 1. The Morgan fingerprint density at radius 1 is 1.83 bits per heavy atom. The monoisotopic (exact) mass is 163 g/mol. The van der Waals surface area contributed by atoms with E-state index in [0.717, 1.165) is 5.56 Å². The first-order valence-electron chi connectivity index (χ1n) is 3.93. The quantitative estimate of drug-likeness (QED) is 0.662. The third-order valence-electron chi connectivity index (χ3n) is 1.83. The summed E-state index contributed by atoms with van der Waals surface area (Å²) in [6.07, 6.45) is 8.90. The molecule has 1 aromatic heterocycles. The molecule has 0 saturated carbocycles. The molecule has 0 amide bonds. The van der Waals surface area contributed by atoms with E-state index >= 15 is 0 Å². The van der Waals surface area contributed by atoms with Gasteiger partial charge in [0, 0.05) is 6.20 Å². The molecule has 0 aromatic carbocycles. The van der Waals surface area contributed by atoms with E-state index in [0.29, 0.717) is 19.0 Å². The van der Waals surface area contributed by atoms with Gasteiger partial charge in [-0.2, -0.15) is 5.10 Å². The van der Waals surface area contributed by atoms with Crippen LogP contribution in [-0.4, -0.2) is 16.3 Å². The van der Waals surface area contributed by atoms with Crippen molar-refractivity contribution in [1.82, 2.24) is 9.78 Å². The SMILES string of the molecule is C#CCn1cc(C(C)CN)cn1. The molecule has 1 rings (SSSR count). The van der Waals surface area contributed by atoms with Gasteiger partial charge in [0.25, 0.3) is 0 Å². The summed E-state index contributed by atoms with van der Waals surface area (Å²) < 4.78 is 1.74. The first-order chi connectivity index (χ1) is 5.77. The molecule has 0 aliphatic heterocycles. The lowest BCUT2D eigenvalue weighted by molar-refractivity contribution is 0.711. The van der Waals surface area contributed by atoms with Gasteiger partial charge >= 0.3 is 0 Å². The summed E-state index contributed by atoms with van der Waals surface area (Å²) in [7, 11) is 0. The van der Waals surface area contributed by atoms with Gasteiger partial charge < -0.3 is 5.73 Å². The first-order valence-corrected chi connectivity index (χ1v) is 3.93. The van der Waals surface area contributed by atoms with Crippen molar-refractivity contribution >= 4 is 0 Å². The zero-order valence-corrected chi connectivity index (χ0v) is 7.20. The Kier molecular flexibility index (Phi) is 2.89. The summed E-state index contributed by atoms with van der Waals surface area (Å²) in [4.78, 5) is 0. The van der Waals surface area contributed by atoms with Crippen molar-refractivity contribution in [2.75, 3.05) is 6.54 Å². The van der Waals surface area contributed by atoms with Crippen LogP contribution >= 0.6 is 0 Å². The lowest BCUT2D eigenvalue weighted by Crippen LogP contribution is -2.08. The minimum atomic E-state index is 0.358. The molecule has 0 saturated heterocycles. The third-order valence-corrected chi connectivity index (χ3v) is 1.83. The molecule has 1 heterocycles. The van der Waals surface area contributed by atoms with Crippen LogP contribution in [0.25, 0.3) is 0 Å². The standard InChI is InChI=1S/C9H13N3/c1-3-4-12-7-9(6-11-12)8(2)5-10/h1,6-8H,4-5,10H2,2H3. The molecular weight excluding hydrogens is 150 g/mol. The molecule has 0 radical (unpaired) electrons. The Hall–Kier alpha value is -1.27. The van der Waals surface area contributed by atoms with E-state index in [-0.39, 0.29) is 0 Å². The minimum Gasteiger partial charge on any atom is -0.330 e. The van der Waals surface area contributed by atoms with E-state index < -0.39 is 0 Å². The maximum absolute atomic E-state index is 5.51. The number of hydrogen-bond acceptors (Lipinski definition) is 2. The van der Waals surface area contributed by atoms with Gasteiger partial charge in [-0.25, -0.2) is 0 Å². The van der Waals surface area contributed by atoms with Gasteiger partial charge in [-0.1, -0.05) is 12.8 Å². The van der Waals surface area contributed by atoms with Crippen molar-refractivity contribution < 1.29 is 0 Å². The van der Waals surface area contributed by atoms with Crippen molar-refractivity contribution in [3.8, 4) is 12.3 Å². The molecule has 0 aliphatic rings. The highest BCUT2D eigenvalue weighted by Gasteiger charge is 2.04. The molecule has 12 heavy (non-hydrogen) atoms. The van der Waals surface area contributed by atoms with E-state index in [2.05, 4.69) is 17.9 Å². The number of hydrogen-bond donors (Lipinski definition) is 1.